The standard InChI is InChI=1S/C17H23NO/c1-6-17(14-10-8-7-9-11-14)13(2)12-18(15(17)19)16(3,4)5/h7-12H,6H2,1-5H3. The molecular weight excluding hydrogens is 234 g/mol. The van der Waals surface area contributed by atoms with Crippen LogP contribution in [0.3, 0.4) is 0 Å². The van der Waals surface area contributed by atoms with Crippen LogP contribution in [0.15, 0.2) is 42.1 Å². The zero-order valence-electron chi connectivity index (χ0n) is 12.5. The Kier molecular flexibility index (Phi) is 3.29. The summed E-state index contributed by atoms with van der Waals surface area (Å²) in [5, 5.41) is 0. The molecule has 1 aromatic rings. The van der Waals surface area contributed by atoms with Crippen molar-refractivity contribution in [3.63, 3.8) is 0 Å². The molecule has 2 heteroatoms. The van der Waals surface area contributed by atoms with Gasteiger partial charge in [-0.1, -0.05) is 37.3 Å². The fourth-order valence-corrected chi connectivity index (χ4v) is 2.94. The molecule has 19 heavy (non-hydrogen) atoms. The summed E-state index contributed by atoms with van der Waals surface area (Å²) in [6.45, 7) is 10.4. The molecule has 1 heterocycles. The number of hydrogen-bond donors (Lipinski definition) is 0. The Morgan fingerprint density at radius 3 is 2.16 bits per heavy atom. The highest BCUT2D eigenvalue weighted by Crippen LogP contribution is 2.43. The number of carbonyl (C=O) groups is 1. The van der Waals surface area contributed by atoms with Gasteiger partial charge in [0.2, 0.25) is 5.91 Å². The summed E-state index contributed by atoms with van der Waals surface area (Å²) in [4.78, 5) is 14.9. The third kappa shape index (κ3) is 1.99. The van der Waals surface area contributed by atoms with Crippen LogP contribution in [0.2, 0.25) is 0 Å². The summed E-state index contributed by atoms with van der Waals surface area (Å²) in [5.74, 6) is 0.200. The van der Waals surface area contributed by atoms with Gasteiger partial charge in [0.05, 0.1) is 5.41 Å². The van der Waals surface area contributed by atoms with Gasteiger partial charge in [-0.3, -0.25) is 4.79 Å². The van der Waals surface area contributed by atoms with E-state index in [4.69, 9.17) is 0 Å². The van der Waals surface area contributed by atoms with Gasteiger partial charge in [0.15, 0.2) is 0 Å². The predicted molar refractivity (Wildman–Crippen MR) is 78.8 cm³/mol. The van der Waals surface area contributed by atoms with E-state index in [0.717, 1.165) is 17.6 Å². The lowest BCUT2D eigenvalue weighted by Crippen LogP contribution is -2.47. The SMILES string of the molecule is CCC1(c2ccccc2)C(=O)N(C(C)(C)C)C=C1C. The van der Waals surface area contributed by atoms with E-state index >= 15 is 0 Å². The number of carbonyl (C=O) groups excluding carboxylic acids is 1. The summed E-state index contributed by atoms with van der Waals surface area (Å²) in [5.41, 5.74) is 1.59. The van der Waals surface area contributed by atoms with Gasteiger partial charge in [0, 0.05) is 11.7 Å². The van der Waals surface area contributed by atoms with E-state index in [9.17, 15) is 4.79 Å². The molecule has 0 saturated heterocycles. The molecule has 0 fully saturated rings. The lowest BCUT2D eigenvalue weighted by Gasteiger charge is -2.35. The largest absolute Gasteiger partial charge is 0.313 e. The van der Waals surface area contributed by atoms with Crippen LogP contribution in [0.4, 0.5) is 0 Å². The Morgan fingerprint density at radius 2 is 1.74 bits per heavy atom. The van der Waals surface area contributed by atoms with Gasteiger partial charge in [-0.05, 0) is 45.3 Å². The average molecular weight is 257 g/mol. The third-order valence-electron chi connectivity index (χ3n) is 4.10. The molecule has 2 rings (SSSR count). The summed E-state index contributed by atoms with van der Waals surface area (Å²) < 4.78 is 0. The number of rotatable bonds is 2. The summed E-state index contributed by atoms with van der Waals surface area (Å²) in [7, 11) is 0. The van der Waals surface area contributed by atoms with Crippen LogP contribution in [0, 0.1) is 0 Å². The number of nitrogens with zero attached hydrogens (tertiary/aromatic N) is 1. The van der Waals surface area contributed by atoms with Crippen molar-refractivity contribution >= 4 is 5.91 Å². The van der Waals surface area contributed by atoms with Gasteiger partial charge in [0.25, 0.3) is 0 Å². The van der Waals surface area contributed by atoms with Crippen LogP contribution in [-0.4, -0.2) is 16.3 Å². The van der Waals surface area contributed by atoms with Gasteiger partial charge in [0.1, 0.15) is 0 Å². The van der Waals surface area contributed by atoms with Crippen molar-refractivity contribution in [3.05, 3.63) is 47.7 Å². The molecule has 1 aliphatic heterocycles. The molecule has 1 aliphatic rings. The minimum atomic E-state index is -0.478. The molecule has 1 amide bonds. The molecule has 1 unspecified atom stereocenters. The van der Waals surface area contributed by atoms with Crippen molar-refractivity contribution in [2.45, 2.75) is 52.0 Å². The van der Waals surface area contributed by atoms with Crippen LogP contribution in [0.5, 0.6) is 0 Å². The Balaban J connectivity index is 2.55. The molecule has 0 radical (unpaired) electrons. The van der Waals surface area contributed by atoms with Crippen LogP contribution in [0.1, 0.15) is 46.6 Å². The smallest absolute Gasteiger partial charge is 0.241 e. The molecule has 0 aromatic heterocycles. The molecule has 1 aromatic carbocycles. The zero-order chi connectivity index (χ0) is 14.3. The fourth-order valence-electron chi connectivity index (χ4n) is 2.94. The van der Waals surface area contributed by atoms with Gasteiger partial charge in [-0.15, -0.1) is 0 Å². The van der Waals surface area contributed by atoms with Crippen molar-refractivity contribution in [1.29, 1.82) is 0 Å². The van der Waals surface area contributed by atoms with E-state index in [1.807, 2.05) is 29.3 Å². The van der Waals surface area contributed by atoms with Crippen LogP contribution < -0.4 is 0 Å². The van der Waals surface area contributed by atoms with Crippen LogP contribution >= 0.6 is 0 Å². The average Bonchev–Trinajstić information content (AvgIpc) is 2.63. The summed E-state index contributed by atoms with van der Waals surface area (Å²) in [6, 6.07) is 10.1. The normalized spacial score (nSPS) is 23.7. The maximum atomic E-state index is 13.0. The Hall–Kier alpha value is -1.57. The van der Waals surface area contributed by atoms with E-state index in [-0.39, 0.29) is 11.4 Å². The molecule has 0 spiro atoms. The second-order valence-corrected chi connectivity index (χ2v) is 6.28. The van der Waals surface area contributed by atoms with Crippen LogP contribution in [-0.2, 0) is 10.2 Å². The number of benzene rings is 1. The van der Waals surface area contributed by atoms with E-state index in [2.05, 4.69) is 46.8 Å². The molecular formula is C17H23NO. The highest BCUT2D eigenvalue weighted by atomic mass is 16.2. The molecule has 102 valence electrons. The second kappa shape index (κ2) is 4.52. The highest BCUT2D eigenvalue weighted by Gasteiger charge is 2.49. The van der Waals surface area contributed by atoms with Crippen LogP contribution in [0.25, 0.3) is 0 Å². The van der Waals surface area contributed by atoms with E-state index in [1.54, 1.807) is 0 Å². The first-order chi connectivity index (χ1) is 8.84. The van der Waals surface area contributed by atoms with Gasteiger partial charge >= 0.3 is 0 Å². The zero-order valence-corrected chi connectivity index (χ0v) is 12.5. The lowest BCUT2D eigenvalue weighted by atomic mass is 9.73. The number of amides is 1. The minimum absolute atomic E-state index is 0.177. The molecule has 0 saturated carbocycles. The topological polar surface area (TPSA) is 20.3 Å². The monoisotopic (exact) mass is 257 g/mol. The Labute approximate surface area is 116 Å². The number of hydrogen-bond acceptors (Lipinski definition) is 1. The van der Waals surface area contributed by atoms with Gasteiger partial charge in [-0.2, -0.15) is 0 Å². The molecule has 1 atom stereocenters. The van der Waals surface area contributed by atoms with E-state index in [0.29, 0.717) is 0 Å². The first-order valence-corrected chi connectivity index (χ1v) is 6.92. The highest BCUT2D eigenvalue weighted by molar-refractivity contribution is 5.95. The van der Waals surface area contributed by atoms with E-state index < -0.39 is 5.41 Å². The molecule has 2 nitrogen and oxygen atoms in total. The fraction of sp³-hybridized carbons (Fsp3) is 0.471. The first-order valence-electron chi connectivity index (χ1n) is 6.92. The van der Waals surface area contributed by atoms with Crippen molar-refractivity contribution in [3.8, 4) is 0 Å². The maximum absolute atomic E-state index is 13.0. The summed E-state index contributed by atoms with van der Waals surface area (Å²) in [6.07, 6.45) is 2.82. The van der Waals surface area contributed by atoms with Crippen molar-refractivity contribution < 1.29 is 4.79 Å². The van der Waals surface area contributed by atoms with Crippen molar-refractivity contribution in [2.75, 3.05) is 0 Å². The van der Waals surface area contributed by atoms with Crippen molar-refractivity contribution in [1.82, 2.24) is 4.90 Å². The molecule has 0 bridgehead atoms. The van der Waals surface area contributed by atoms with Gasteiger partial charge < -0.3 is 4.90 Å². The van der Waals surface area contributed by atoms with E-state index in [1.165, 1.54) is 0 Å². The Morgan fingerprint density at radius 1 is 1.16 bits per heavy atom. The summed E-state index contributed by atoms with van der Waals surface area (Å²) >= 11 is 0. The first kappa shape index (κ1) is 13.9. The molecule has 0 aliphatic carbocycles. The minimum Gasteiger partial charge on any atom is -0.313 e. The lowest BCUT2D eigenvalue weighted by molar-refractivity contribution is -0.135. The maximum Gasteiger partial charge on any atom is 0.241 e. The molecule has 0 N–H and O–H groups in total. The third-order valence-corrected chi connectivity index (χ3v) is 4.10. The quantitative estimate of drug-likeness (QED) is 0.787. The second-order valence-electron chi connectivity index (χ2n) is 6.28. The predicted octanol–water partition coefficient (Wildman–Crippen LogP) is 3.88. The Bertz CT molecular complexity index is 510. The van der Waals surface area contributed by atoms with Gasteiger partial charge in [-0.25, -0.2) is 0 Å². The van der Waals surface area contributed by atoms with Crippen molar-refractivity contribution in [2.24, 2.45) is 0 Å².